The lowest BCUT2D eigenvalue weighted by molar-refractivity contribution is -0.119. The number of carbonyl (C=O) groups is 2. The summed E-state index contributed by atoms with van der Waals surface area (Å²) in [5.41, 5.74) is 6.15. The molecule has 104 valence electrons. The largest absolute Gasteiger partial charge is 0.465 e. The monoisotopic (exact) mass is 266 g/mol. The minimum atomic E-state index is -0.530. The van der Waals surface area contributed by atoms with Crippen LogP contribution in [-0.2, 0) is 9.53 Å². The molecule has 1 amide bonds. The smallest absolute Gasteiger partial charge is 0.340 e. The van der Waals surface area contributed by atoms with Gasteiger partial charge in [-0.1, -0.05) is 0 Å². The van der Waals surface area contributed by atoms with E-state index in [0.29, 0.717) is 12.4 Å². The molecule has 7 nitrogen and oxygen atoms in total. The number of aromatic nitrogens is 1. The summed E-state index contributed by atoms with van der Waals surface area (Å²) >= 11 is 0. The van der Waals surface area contributed by atoms with E-state index in [1.165, 1.54) is 19.4 Å². The van der Waals surface area contributed by atoms with Crippen molar-refractivity contribution in [1.82, 2.24) is 10.3 Å². The lowest BCUT2D eigenvalue weighted by atomic mass is 10.2. The Bertz CT molecular complexity index is 476. The van der Waals surface area contributed by atoms with Gasteiger partial charge in [-0.3, -0.25) is 4.79 Å². The number of hydrogen-bond donors (Lipinski definition) is 2. The number of ether oxygens (including phenoxy) is 1. The Labute approximate surface area is 111 Å². The van der Waals surface area contributed by atoms with Gasteiger partial charge in [0.25, 0.3) is 0 Å². The SMILES string of the molecule is CCN(CC(=O)NC)c1cc(C(=O)OC)c(N)cn1. The van der Waals surface area contributed by atoms with E-state index in [-0.39, 0.29) is 23.7 Å². The summed E-state index contributed by atoms with van der Waals surface area (Å²) in [6.45, 7) is 2.62. The average Bonchev–Trinajstić information content (AvgIpc) is 2.44. The van der Waals surface area contributed by atoms with E-state index in [9.17, 15) is 9.59 Å². The number of nitrogens with one attached hydrogen (secondary N) is 1. The lowest BCUT2D eigenvalue weighted by Gasteiger charge is -2.21. The number of hydrogen-bond acceptors (Lipinski definition) is 6. The zero-order valence-electron chi connectivity index (χ0n) is 11.3. The van der Waals surface area contributed by atoms with Gasteiger partial charge in [0.1, 0.15) is 5.82 Å². The number of rotatable bonds is 5. The molecule has 0 bridgehead atoms. The minimum absolute atomic E-state index is 0.139. The molecule has 0 spiro atoms. The van der Waals surface area contributed by atoms with E-state index in [4.69, 9.17) is 5.73 Å². The topological polar surface area (TPSA) is 97.5 Å². The zero-order chi connectivity index (χ0) is 14.4. The fraction of sp³-hybridized carbons (Fsp3) is 0.417. The predicted octanol–water partition coefficient (Wildman–Crippen LogP) is 0.0227. The van der Waals surface area contributed by atoms with Crippen LogP contribution in [0.1, 0.15) is 17.3 Å². The highest BCUT2D eigenvalue weighted by Gasteiger charge is 2.16. The molecule has 0 atom stereocenters. The van der Waals surface area contributed by atoms with Crippen LogP contribution in [0.15, 0.2) is 12.3 Å². The van der Waals surface area contributed by atoms with Gasteiger partial charge in [0.2, 0.25) is 5.91 Å². The van der Waals surface area contributed by atoms with E-state index in [1.807, 2.05) is 6.92 Å². The van der Waals surface area contributed by atoms with Gasteiger partial charge in [0.15, 0.2) is 0 Å². The third kappa shape index (κ3) is 3.57. The van der Waals surface area contributed by atoms with Crippen LogP contribution in [0, 0.1) is 0 Å². The number of nitrogens with zero attached hydrogens (tertiary/aromatic N) is 2. The predicted molar refractivity (Wildman–Crippen MR) is 71.9 cm³/mol. The first-order chi connectivity index (χ1) is 9.03. The number of methoxy groups -OCH3 is 1. The van der Waals surface area contributed by atoms with Crippen molar-refractivity contribution in [3.05, 3.63) is 17.8 Å². The summed E-state index contributed by atoms with van der Waals surface area (Å²) in [6.07, 6.45) is 1.38. The van der Waals surface area contributed by atoms with Gasteiger partial charge in [0, 0.05) is 13.6 Å². The highest BCUT2D eigenvalue weighted by Crippen LogP contribution is 2.18. The maximum absolute atomic E-state index is 11.5. The molecule has 0 fully saturated rings. The molecule has 3 N–H and O–H groups in total. The zero-order valence-corrected chi connectivity index (χ0v) is 11.3. The fourth-order valence-electron chi connectivity index (χ4n) is 1.52. The number of anilines is 2. The van der Waals surface area contributed by atoms with Gasteiger partial charge in [-0.25, -0.2) is 9.78 Å². The van der Waals surface area contributed by atoms with E-state index < -0.39 is 5.97 Å². The van der Waals surface area contributed by atoms with E-state index in [1.54, 1.807) is 11.9 Å². The molecule has 0 aliphatic carbocycles. The van der Waals surface area contributed by atoms with Crippen molar-refractivity contribution in [2.45, 2.75) is 6.92 Å². The third-order valence-corrected chi connectivity index (χ3v) is 2.64. The van der Waals surface area contributed by atoms with Gasteiger partial charge in [-0.15, -0.1) is 0 Å². The van der Waals surface area contributed by atoms with E-state index in [2.05, 4.69) is 15.0 Å². The number of nitrogen functional groups attached to an aromatic ring is 1. The summed E-state index contributed by atoms with van der Waals surface area (Å²) in [4.78, 5) is 28.8. The highest BCUT2D eigenvalue weighted by molar-refractivity contribution is 5.95. The van der Waals surface area contributed by atoms with Crippen molar-refractivity contribution in [3.63, 3.8) is 0 Å². The van der Waals surface area contributed by atoms with Gasteiger partial charge < -0.3 is 20.7 Å². The van der Waals surface area contributed by atoms with Crippen molar-refractivity contribution in [2.24, 2.45) is 0 Å². The molecule has 19 heavy (non-hydrogen) atoms. The number of esters is 1. The van der Waals surface area contributed by atoms with Crippen LogP contribution >= 0.6 is 0 Å². The van der Waals surface area contributed by atoms with E-state index in [0.717, 1.165) is 0 Å². The lowest BCUT2D eigenvalue weighted by Crippen LogP contribution is -2.36. The van der Waals surface area contributed by atoms with Gasteiger partial charge in [-0.05, 0) is 13.0 Å². The van der Waals surface area contributed by atoms with Crippen molar-refractivity contribution in [3.8, 4) is 0 Å². The van der Waals surface area contributed by atoms with Crippen molar-refractivity contribution < 1.29 is 14.3 Å². The van der Waals surface area contributed by atoms with Crippen molar-refractivity contribution in [2.75, 3.05) is 37.9 Å². The van der Waals surface area contributed by atoms with Crippen molar-refractivity contribution >= 4 is 23.4 Å². The van der Waals surface area contributed by atoms with Crippen LogP contribution in [0.4, 0.5) is 11.5 Å². The molecule has 0 unspecified atom stereocenters. The molecule has 1 rings (SSSR count). The molecular formula is C12H18N4O3. The molecule has 0 aliphatic heterocycles. The number of likely N-dealkylation sites (N-methyl/N-ethyl adjacent to an activating group) is 2. The summed E-state index contributed by atoms with van der Waals surface area (Å²) < 4.78 is 4.64. The van der Waals surface area contributed by atoms with Crippen LogP contribution in [0.5, 0.6) is 0 Å². The van der Waals surface area contributed by atoms with Crippen LogP contribution in [0.2, 0.25) is 0 Å². The summed E-state index contributed by atoms with van der Waals surface area (Å²) in [5.74, 6) is -0.169. The minimum Gasteiger partial charge on any atom is -0.465 e. The number of nitrogens with two attached hydrogens (primary N) is 1. The third-order valence-electron chi connectivity index (χ3n) is 2.64. The molecule has 0 radical (unpaired) electrons. The van der Waals surface area contributed by atoms with Crippen LogP contribution in [0.25, 0.3) is 0 Å². The molecule has 0 aliphatic rings. The van der Waals surface area contributed by atoms with E-state index >= 15 is 0 Å². The summed E-state index contributed by atoms with van der Waals surface area (Å²) in [5, 5.41) is 2.53. The molecule has 7 heteroatoms. The molecule has 1 aromatic heterocycles. The van der Waals surface area contributed by atoms with Crippen LogP contribution < -0.4 is 16.0 Å². The quantitative estimate of drug-likeness (QED) is 0.729. The molecule has 0 saturated heterocycles. The second kappa shape index (κ2) is 6.58. The number of pyridine rings is 1. The Morgan fingerprint density at radius 1 is 1.53 bits per heavy atom. The van der Waals surface area contributed by atoms with Gasteiger partial charge >= 0.3 is 5.97 Å². The number of carbonyl (C=O) groups excluding carboxylic acids is 2. The van der Waals surface area contributed by atoms with Gasteiger partial charge in [0.05, 0.1) is 31.1 Å². The molecular weight excluding hydrogens is 248 g/mol. The standard InChI is InChI=1S/C12H18N4O3/c1-4-16(7-11(17)14-2)10-5-8(12(18)19-3)9(13)6-15-10/h5-6H,4,7,13H2,1-3H3,(H,14,17). The molecule has 1 heterocycles. The Morgan fingerprint density at radius 3 is 2.74 bits per heavy atom. The summed E-state index contributed by atoms with van der Waals surface area (Å²) in [7, 11) is 2.84. The summed E-state index contributed by atoms with van der Waals surface area (Å²) in [6, 6.07) is 1.52. The Morgan fingerprint density at radius 2 is 2.21 bits per heavy atom. The first-order valence-electron chi connectivity index (χ1n) is 5.82. The molecule has 0 saturated carbocycles. The highest BCUT2D eigenvalue weighted by atomic mass is 16.5. The second-order valence-electron chi connectivity index (χ2n) is 3.81. The Kier molecular flexibility index (Phi) is 5.11. The fourth-order valence-corrected chi connectivity index (χ4v) is 1.52. The Balaban J connectivity index is 3.05. The maximum atomic E-state index is 11.5. The first kappa shape index (κ1) is 14.7. The van der Waals surface area contributed by atoms with Crippen molar-refractivity contribution in [1.29, 1.82) is 0 Å². The second-order valence-corrected chi connectivity index (χ2v) is 3.81. The maximum Gasteiger partial charge on any atom is 0.340 e. The van der Waals surface area contributed by atoms with Gasteiger partial charge in [-0.2, -0.15) is 0 Å². The average molecular weight is 266 g/mol. The molecule has 1 aromatic rings. The molecule has 0 aromatic carbocycles. The van der Waals surface area contributed by atoms with Crippen LogP contribution in [0.3, 0.4) is 0 Å². The first-order valence-corrected chi connectivity index (χ1v) is 5.82. The van der Waals surface area contributed by atoms with Crippen LogP contribution in [-0.4, -0.2) is 44.1 Å². The normalized spacial score (nSPS) is 9.84. The number of amides is 1. The Hall–Kier alpha value is -2.31.